The third kappa shape index (κ3) is 2.74. The third-order valence-electron chi connectivity index (χ3n) is 3.03. The molecule has 0 radical (unpaired) electrons. The summed E-state index contributed by atoms with van der Waals surface area (Å²) in [5.41, 5.74) is 1.44. The predicted octanol–water partition coefficient (Wildman–Crippen LogP) is 1.73. The SMILES string of the molecule is COc1cc(OC)cc(-c2ncc(CC(=O)O)n2C)c1. The summed E-state index contributed by atoms with van der Waals surface area (Å²) in [6.07, 6.45) is 1.50. The molecule has 0 aliphatic heterocycles. The van der Waals surface area contributed by atoms with Crippen LogP contribution >= 0.6 is 0 Å². The summed E-state index contributed by atoms with van der Waals surface area (Å²) in [4.78, 5) is 15.1. The van der Waals surface area contributed by atoms with Crippen LogP contribution < -0.4 is 9.47 Å². The van der Waals surface area contributed by atoms with E-state index in [-0.39, 0.29) is 6.42 Å². The van der Waals surface area contributed by atoms with Crippen LogP contribution in [0.2, 0.25) is 0 Å². The number of nitrogens with zero attached hydrogens (tertiary/aromatic N) is 2. The van der Waals surface area contributed by atoms with Crippen molar-refractivity contribution in [1.29, 1.82) is 0 Å². The first-order chi connectivity index (χ1) is 9.55. The highest BCUT2D eigenvalue weighted by Crippen LogP contribution is 2.29. The first kappa shape index (κ1) is 13.9. The molecular weight excluding hydrogens is 260 g/mol. The maximum atomic E-state index is 10.8. The van der Waals surface area contributed by atoms with Crippen LogP contribution in [0.15, 0.2) is 24.4 Å². The number of hydrogen-bond donors (Lipinski definition) is 1. The zero-order chi connectivity index (χ0) is 14.7. The number of carbonyl (C=O) groups is 1. The summed E-state index contributed by atoms with van der Waals surface area (Å²) in [5.74, 6) is 1.09. The molecule has 106 valence electrons. The van der Waals surface area contributed by atoms with Crippen molar-refractivity contribution in [3.8, 4) is 22.9 Å². The zero-order valence-electron chi connectivity index (χ0n) is 11.6. The summed E-state index contributed by atoms with van der Waals surface area (Å²) in [6.45, 7) is 0. The number of ether oxygens (including phenoxy) is 2. The van der Waals surface area contributed by atoms with Crippen molar-refractivity contribution in [1.82, 2.24) is 9.55 Å². The van der Waals surface area contributed by atoms with Crippen molar-refractivity contribution in [2.24, 2.45) is 7.05 Å². The minimum Gasteiger partial charge on any atom is -0.497 e. The van der Waals surface area contributed by atoms with Crippen LogP contribution in [-0.4, -0.2) is 34.8 Å². The smallest absolute Gasteiger partial charge is 0.309 e. The molecule has 0 atom stereocenters. The molecule has 0 unspecified atom stereocenters. The van der Waals surface area contributed by atoms with Crippen LogP contribution in [0.25, 0.3) is 11.4 Å². The predicted molar refractivity (Wildman–Crippen MR) is 73.1 cm³/mol. The number of aliphatic carboxylic acids is 1. The first-order valence-corrected chi connectivity index (χ1v) is 6.01. The van der Waals surface area contributed by atoms with Gasteiger partial charge in [0.1, 0.15) is 17.3 Å². The number of imidazole rings is 1. The summed E-state index contributed by atoms with van der Waals surface area (Å²) in [5, 5.41) is 8.85. The minimum atomic E-state index is -0.886. The van der Waals surface area contributed by atoms with E-state index in [0.29, 0.717) is 23.0 Å². The van der Waals surface area contributed by atoms with Crippen molar-refractivity contribution in [2.75, 3.05) is 14.2 Å². The second-order valence-electron chi connectivity index (χ2n) is 4.30. The molecule has 2 aromatic rings. The van der Waals surface area contributed by atoms with E-state index in [1.807, 2.05) is 12.1 Å². The van der Waals surface area contributed by atoms with Crippen LogP contribution in [0.5, 0.6) is 11.5 Å². The van der Waals surface area contributed by atoms with Gasteiger partial charge in [0.15, 0.2) is 0 Å². The fourth-order valence-electron chi connectivity index (χ4n) is 1.97. The van der Waals surface area contributed by atoms with E-state index in [1.165, 1.54) is 0 Å². The average molecular weight is 276 g/mol. The second-order valence-corrected chi connectivity index (χ2v) is 4.30. The van der Waals surface area contributed by atoms with Crippen molar-refractivity contribution in [3.63, 3.8) is 0 Å². The molecule has 6 nitrogen and oxygen atoms in total. The van der Waals surface area contributed by atoms with Gasteiger partial charge in [-0.1, -0.05) is 0 Å². The van der Waals surface area contributed by atoms with Crippen molar-refractivity contribution < 1.29 is 19.4 Å². The number of carboxylic acids is 1. The topological polar surface area (TPSA) is 73.6 Å². The lowest BCUT2D eigenvalue weighted by Gasteiger charge is -2.09. The maximum absolute atomic E-state index is 10.8. The monoisotopic (exact) mass is 276 g/mol. The van der Waals surface area contributed by atoms with Gasteiger partial charge < -0.3 is 19.1 Å². The Morgan fingerprint density at radius 1 is 1.25 bits per heavy atom. The first-order valence-electron chi connectivity index (χ1n) is 6.01. The molecule has 20 heavy (non-hydrogen) atoms. The molecule has 1 aromatic carbocycles. The summed E-state index contributed by atoms with van der Waals surface area (Å²) >= 11 is 0. The van der Waals surface area contributed by atoms with E-state index < -0.39 is 5.97 Å². The van der Waals surface area contributed by atoms with E-state index in [4.69, 9.17) is 14.6 Å². The Kier molecular flexibility index (Phi) is 3.93. The van der Waals surface area contributed by atoms with E-state index in [9.17, 15) is 4.79 Å². The van der Waals surface area contributed by atoms with E-state index in [2.05, 4.69) is 4.98 Å². The number of methoxy groups -OCH3 is 2. The molecule has 0 saturated carbocycles. The van der Waals surface area contributed by atoms with Gasteiger partial charge in [-0.2, -0.15) is 0 Å². The Hall–Kier alpha value is -2.50. The normalized spacial score (nSPS) is 10.3. The van der Waals surface area contributed by atoms with Crippen molar-refractivity contribution in [3.05, 3.63) is 30.1 Å². The quantitative estimate of drug-likeness (QED) is 0.900. The lowest BCUT2D eigenvalue weighted by atomic mass is 10.2. The molecular formula is C14H16N2O4. The van der Waals surface area contributed by atoms with Gasteiger partial charge in [-0.25, -0.2) is 4.98 Å². The van der Waals surface area contributed by atoms with Gasteiger partial charge in [0.25, 0.3) is 0 Å². The third-order valence-corrected chi connectivity index (χ3v) is 3.03. The van der Waals surface area contributed by atoms with Gasteiger partial charge in [0.05, 0.1) is 20.6 Å². The van der Waals surface area contributed by atoms with E-state index in [0.717, 1.165) is 5.56 Å². The summed E-state index contributed by atoms with van der Waals surface area (Å²) in [6, 6.07) is 5.43. The standard InChI is InChI=1S/C14H16N2O4/c1-16-10(6-13(17)18)8-15-14(16)9-4-11(19-2)7-12(5-9)20-3/h4-5,7-8H,6H2,1-3H3,(H,17,18). The van der Waals surface area contributed by atoms with Crippen LogP contribution in [0, 0.1) is 0 Å². The molecule has 1 aromatic heterocycles. The average Bonchev–Trinajstić information content (AvgIpc) is 2.79. The molecule has 6 heteroatoms. The van der Waals surface area contributed by atoms with Gasteiger partial charge in [0, 0.05) is 30.6 Å². The largest absolute Gasteiger partial charge is 0.497 e. The molecule has 0 aliphatic carbocycles. The lowest BCUT2D eigenvalue weighted by Crippen LogP contribution is -2.05. The molecule has 1 N–H and O–H groups in total. The van der Waals surface area contributed by atoms with Crippen LogP contribution in [0.3, 0.4) is 0 Å². The number of aromatic nitrogens is 2. The molecule has 2 rings (SSSR count). The Balaban J connectivity index is 2.45. The molecule has 0 aliphatic rings. The van der Waals surface area contributed by atoms with Crippen LogP contribution in [0.4, 0.5) is 0 Å². The Bertz CT molecular complexity index is 612. The number of hydrogen-bond acceptors (Lipinski definition) is 4. The number of rotatable bonds is 5. The fourth-order valence-corrected chi connectivity index (χ4v) is 1.97. The molecule has 0 fully saturated rings. The number of carboxylic acid groups (broad SMARTS) is 1. The maximum Gasteiger partial charge on any atom is 0.309 e. The molecule has 0 spiro atoms. The highest BCUT2D eigenvalue weighted by Gasteiger charge is 2.13. The Labute approximate surface area is 116 Å². The fraction of sp³-hybridized carbons (Fsp3) is 0.286. The molecule has 1 heterocycles. The lowest BCUT2D eigenvalue weighted by molar-refractivity contribution is -0.136. The Morgan fingerprint density at radius 2 is 1.85 bits per heavy atom. The van der Waals surface area contributed by atoms with Crippen LogP contribution in [0.1, 0.15) is 5.69 Å². The van der Waals surface area contributed by atoms with Crippen molar-refractivity contribution >= 4 is 5.97 Å². The van der Waals surface area contributed by atoms with Gasteiger partial charge in [-0.3, -0.25) is 4.79 Å². The molecule has 0 bridgehead atoms. The number of benzene rings is 1. The van der Waals surface area contributed by atoms with Gasteiger partial charge >= 0.3 is 5.97 Å². The highest BCUT2D eigenvalue weighted by atomic mass is 16.5. The second kappa shape index (κ2) is 5.64. The van der Waals surface area contributed by atoms with Crippen molar-refractivity contribution in [2.45, 2.75) is 6.42 Å². The molecule has 0 amide bonds. The highest BCUT2D eigenvalue weighted by molar-refractivity contribution is 5.70. The van der Waals surface area contributed by atoms with Gasteiger partial charge in [0.2, 0.25) is 0 Å². The molecule has 0 saturated heterocycles. The van der Waals surface area contributed by atoms with Crippen LogP contribution in [-0.2, 0) is 18.3 Å². The van der Waals surface area contributed by atoms with E-state index in [1.54, 1.807) is 38.1 Å². The zero-order valence-corrected chi connectivity index (χ0v) is 11.6. The van der Waals surface area contributed by atoms with Gasteiger partial charge in [-0.05, 0) is 12.1 Å². The van der Waals surface area contributed by atoms with Gasteiger partial charge in [-0.15, -0.1) is 0 Å². The minimum absolute atomic E-state index is 0.0649. The van der Waals surface area contributed by atoms with E-state index >= 15 is 0 Å². The summed E-state index contributed by atoms with van der Waals surface area (Å²) in [7, 11) is 4.94. The Morgan fingerprint density at radius 3 is 2.35 bits per heavy atom. The summed E-state index contributed by atoms with van der Waals surface area (Å²) < 4.78 is 12.2.